The first-order valence-electron chi connectivity index (χ1n) is 12.8. The van der Waals surface area contributed by atoms with Crippen LogP contribution in [0.4, 0.5) is 5.69 Å². The fourth-order valence-electron chi connectivity index (χ4n) is 4.95. The molecular formula is C29H33N5O3S. The summed E-state index contributed by atoms with van der Waals surface area (Å²) in [4.78, 5) is 19.1. The van der Waals surface area contributed by atoms with E-state index in [2.05, 4.69) is 6.92 Å². The predicted octanol–water partition coefficient (Wildman–Crippen LogP) is 5.68. The van der Waals surface area contributed by atoms with E-state index < -0.39 is 0 Å². The SMILES string of the molecule is COc1ccc(OC)c(-c2csc(=Nc3c(C)n(C)n(-c4ccccc4)c3=O)n2N=C2CCCC(C)C2)c1. The molecule has 1 atom stereocenters. The number of ether oxygens (including phenoxy) is 2. The van der Waals surface area contributed by atoms with Crippen LogP contribution in [0.5, 0.6) is 11.5 Å². The summed E-state index contributed by atoms with van der Waals surface area (Å²) in [7, 11) is 5.18. The zero-order chi connectivity index (χ0) is 26.8. The molecule has 2 aromatic carbocycles. The number of nitrogens with zero attached hydrogens (tertiary/aromatic N) is 5. The Morgan fingerprint density at radius 1 is 1.08 bits per heavy atom. The lowest BCUT2D eigenvalue weighted by Gasteiger charge is -2.19. The average Bonchev–Trinajstić information content (AvgIpc) is 3.41. The number of para-hydroxylation sites is 1. The third-order valence-electron chi connectivity index (χ3n) is 7.09. The van der Waals surface area contributed by atoms with Crippen molar-refractivity contribution in [2.75, 3.05) is 14.2 Å². The van der Waals surface area contributed by atoms with Gasteiger partial charge in [0.1, 0.15) is 11.5 Å². The second-order valence-corrected chi connectivity index (χ2v) is 10.5. The molecule has 1 saturated carbocycles. The zero-order valence-corrected chi connectivity index (χ0v) is 23.3. The van der Waals surface area contributed by atoms with Gasteiger partial charge in [-0.2, -0.15) is 5.10 Å². The van der Waals surface area contributed by atoms with E-state index in [1.165, 1.54) is 17.8 Å². The summed E-state index contributed by atoms with van der Waals surface area (Å²) in [5, 5.41) is 7.13. The van der Waals surface area contributed by atoms with Crippen LogP contribution < -0.4 is 19.8 Å². The Kier molecular flexibility index (Phi) is 7.37. The van der Waals surface area contributed by atoms with Crippen molar-refractivity contribution in [2.24, 2.45) is 23.1 Å². The number of hydrogen-bond acceptors (Lipinski definition) is 6. The highest BCUT2D eigenvalue weighted by Crippen LogP contribution is 2.34. The van der Waals surface area contributed by atoms with Crippen LogP contribution in [0.3, 0.4) is 0 Å². The molecule has 0 saturated heterocycles. The number of rotatable bonds is 6. The van der Waals surface area contributed by atoms with Gasteiger partial charge >= 0.3 is 0 Å². The Labute approximate surface area is 226 Å². The highest BCUT2D eigenvalue weighted by molar-refractivity contribution is 7.07. The van der Waals surface area contributed by atoms with Gasteiger partial charge in [0.25, 0.3) is 5.56 Å². The molecule has 38 heavy (non-hydrogen) atoms. The van der Waals surface area contributed by atoms with Gasteiger partial charge in [-0.1, -0.05) is 25.1 Å². The van der Waals surface area contributed by atoms with Crippen LogP contribution in [0, 0.1) is 12.8 Å². The van der Waals surface area contributed by atoms with Crippen molar-refractivity contribution in [2.45, 2.75) is 39.5 Å². The summed E-state index contributed by atoms with van der Waals surface area (Å²) < 4.78 is 16.6. The average molecular weight is 532 g/mol. The third-order valence-corrected chi connectivity index (χ3v) is 7.90. The lowest BCUT2D eigenvalue weighted by Crippen LogP contribution is -2.20. The van der Waals surface area contributed by atoms with Gasteiger partial charge in [0.2, 0.25) is 4.80 Å². The van der Waals surface area contributed by atoms with Crippen molar-refractivity contribution in [3.8, 4) is 28.4 Å². The van der Waals surface area contributed by atoms with Crippen molar-refractivity contribution in [3.05, 3.63) is 74.8 Å². The maximum Gasteiger partial charge on any atom is 0.297 e. The molecule has 0 amide bonds. The van der Waals surface area contributed by atoms with Gasteiger partial charge in [0.15, 0.2) is 5.69 Å². The quantitative estimate of drug-likeness (QED) is 0.321. The molecule has 8 nitrogen and oxygen atoms in total. The Bertz CT molecular complexity index is 1610. The smallest absolute Gasteiger partial charge is 0.297 e. The standard InChI is InChI=1S/C29H33N5O3S/c1-19-10-9-11-21(16-19)31-33-25(24-17-23(36-4)14-15-26(24)37-5)18-38-29(33)30-27-20(2)32(3)34(28(27)35)22-12-7-6-8-13-22/h6-8,12-15,17-19H,9-11,16H2,1-5H3. The lowest BCUT2D eigenvalue weighted by molar-refractivity contribution is 0.404. The molecule has 198 valence electrons. The molecule has 1 unspecified atom stereocenters. The zero-order valence-electron chi connectivity index (χ0n) is 22.5. The van der Waals surface area contributed by atoms with Crippen LogP contribution >= 0.6 is 11.3 Å². The van der Waals surface area contributed by atoms with E-state index >= 15 is 0 Å². The molecule has 0 radical (unpaired) electrons. The van der Waals surface area contributed by atoms with Gasteiger partial charge in [-0.05, 0) is 68.9 Å². The summed E-state index contributed by atoms with van der Waals surface area (Å²) in [6.07, 6.45) is 4.23. The van der Waals surface area contributed by atoms with E-state index in [1.807, 2.05) is 77.2 Å². The maximum atomic E-state index is 13.6. The minimum atomic E-state index is -0.171. The van der Waals surface area contributed by atoms with Crippen molar-refractivity contribution in [1.82, 2.24) is 14.0 Å². The Morgan fingerprint density at radius 2 is 1.87 bits per heavy atom. The van der Waals surface area contributed by atoms with Gasteiger partial charge in [-0.25, -0.2) is 14.4 Å². The summed E-state index contributed by atoms with van der Waals surface area (Å²) in [6.45, 7) is 4.18. The normalized spacial score (nSPS) is 17.2. The van der Waals surface area contributed by atoms with Gasteiger partial charge in [-0.3, -0.25) is 9.48 Å². The van der Waals surface area contributed by atoms with Gasteiger partial charge in [0, 0.05) is 23.7 Å². The van der Waals surface area contributed by atoms with Crippen molar-refractivity contribution in [1.29, 1.82) is 0 Å². The third kappa shape index (κ3) is 4.86. The summed E-state index contributed by atoms with van der Waals surface area (Å²) in [6, 6.07) is 15.3. The predicted molar refractivity (Wildman–Crippen MR) is 152 cm³/mol. The molecule has 5 rings (SSSR count). The Hall–Kier alpha value is -3.85. The molecule has 1 fully saturated rings. The molecule has 2 heterocycles. The second kappa shape index (κ2) is 10.9. The minimum absolute atomic E-state index is 0.171. The van der Waals surface area contributed by atoms with E-state index in [0.717, 1.165) is 53.4 Å². The molecule has 1 aliphatic rings. The molecule has 9 heteroatoms. The van der Waals surface area contributed by atoms with Crippen molar-refractivity contribution < 1.29 is 9.47 Å². The van der Waals surface area contributed by atoms with E-state index in [9.17, 15) is 4.79 Å². The molecule has 0 bridgehead atoms. The number of hydrogen-bond donors (Lipinski definition) is 0. The van der Waals surface area contributed by atoms with Crippen LogP contribution in [0.1, 0.15) is 38.3 Å². The first-order valence-corrected chi connectivity index (χ1v) is 13.7. The Balaban J connectivity index is 1.74. The topological polar surface area (TPSA) is 75.0 Å². The van der Waals surface area contributed by atoms with Gasteiger partial charge in [-0.15, -0.1) is 11.3 Å². The molecule has 2 aromatic heterocycles. The highest BCUT2D eigenvalue weighted by atomic mass is 32.1. The van der Waals surface area contributed by atoms with Crippen molar-refractivity contribution in [3.63, 3.8) is 0 Å². The van der Waals surface area contributed by atoms with E-state index in [-0.39, 0.29) is 5.56 Å². The number of methoxy groups -OCH3 is 2. The number of thiazole rings is 1. The van der Waals surface area contributed by atoms with E-state index in [4.69, 9.17) is 19.6 Å². The summed E-state index contributed by atoms with van der Waals surface area (Å²) in [5.41, 5.74) is 4.62. The number of aromatic nitrogens is 3. The molecule has 0 aliphatic heterocycles. The Morgan fingerprint density at radius 3 is 2.58 bits per heavy atom. The van der Waals surface area contributed by atoms with Crippen LogP contribution in [-0.4, -0.2) is 34.0 Å². The molecule has 4 aromatic rings. The van der Waals surface area contributed by atoms with Crippen LogP contribution in [0.25, 0.3) is 16.9 Å². The first kappa shape index (κ1) is 25.8. The molecule has 0 spiro atoms. The van der Waals surface area contributed by atoms with Gasteiger partial charge < -0.3 is 9.47 Å². The van der Waals surface area contributed by atoms with Crippen LogP contribution in [0.15, 0.2) is 68.8 Å². The fourth-order valence-corrected chi connectivity index (χ4v) is 5.77. The summed E-state index contributed by atoms with van der Waals surface area (Å²) >= 11 is 1.45. The second-order valence-electron chi connectivity index (χ2n) is 9.67. The first-order chi connectivity index (χ1) is 18.4. The lowest BCUT2D eigenvalue weighted by atomic mass is 9.89. The van der Waals surface area contributed by atoms with E-state index in [1.54, 1.807) is 18.9 Å². The molecular weight excluding hydrogens is 498 g/mol. The van der Waals surface area contributed by atoms with Gasteiger partial charge in [0.05, 0.1) is 31.3 Å². The highest BCUT2D eigenvalue weighted by Gasteiger charge is 2.20. The van der Waals surface area contributed by atoms with Crippen LogP contribution in [-0.2, 0) is 7.05 Å². The van der Waals surface area contributed by atoms with E-state index in [0.29, 0.717) is 22.2 Å². The fraction of sp³-hybridized carbons (Fsp3) is 0.345. The van der Waals surface area contributed by atoms with Crippen molar-refractivity contribution >= 4 is 22.7 Å². The summed E-state index contributed by atoms with van der Waals surface area (Å²) in [5.74, 6) is 2.02. The largest absolute Gasteiger partial charge is 0.497 e. The molecule has 0 N–H and O–H groups in total. The van der Waals surface area contributed by atoms with Crippen LogP contribution in [0.2, 0.25) is 0 Å². The maximum absolute atomic E-state index is 13.6. The molecule has 1 aliphatic carbocycles. The number of benzene rings is 2. The monoisotopic (exact) mass is 531 g/mol. The minimum Gasteiger partial charge on any atom is -0.497 e.